The second-order valence-electron chi connectivity index (χ2n) is 16.3. The fourth-order valence-corrected chi connectivity index (χ4v) is 12.5. The second-order valence-corrected chi connectivity index (χ2v) is 19.7. The minimum absolute atomic E-state index is 0.0547. The fourth-order valence-electron chi connectivity index (χ4n) is 10.6. The Labute approximate surface area is 335 Å². The monoisotopic (exact) mass is 823 g/mol. The molecule has 12 rings (SSSR count). The number of halogens is 1. The third-order valence-electron chi connectivity index (χ3n) is 13.2. The number of imidazole rings is 1. The van der Waals surface area contributed by atoms with E-state index < -0.39 is 20.7 Å². The quantitative estimate of drug-likeness (QED) is 0.152. The molecule has 2 spiro atoms. The average Bonchev–Trinajstić information content (AvgIpc) is 3.97. The summed E-state index contributed by atoms with van der Waals surface area (Å²) in [5, 5.41) is 9.72. The van der Waals surface area contributed by atoms with Crippen molar-refractivity contribution >= 4 is 54.7 Å². The van der Waals surface area contributed by atoms with Crippen LogP contribution in [0.25, 0.3) is 38.9 Å². The average molecular weight is 824 g/mol. The highest BCUT2D eigenvalue weighted by molar-refractivity contribution is 7.90. The van der Waals surface area contributed by atoms with E-state index in [1.807, 2.05) is 7.05 Å². The maximum absolute atomic E-state index is 14.0. The molecule has 6 heterocycles. The zero-order chi connectivity index (χ0) is 39.0. The van der Waals surface area contributed by atoms with Gasteiger partial charge in [0.05, 0.1) is 17.2 Å². The van der Waals surface area contributed by atoms with E-state index in [0.29, 0.717) is 77.0 Å². The summed E-state index contributed by atoms with van der Waals surface area (Å²) in [6, 6.07) is 4.66. The molecule has 3 atom stereocenters. The van der Waals surface area contributed by atoms with E-state index in [4.69, 9.17) is 31.2 Å². The van der Waals surface area contributed by atoms with E-state index in [1.165, 1.54) is 17.1 Å². The van der Waals surface area contributed by atoms with E-state index in [9.17, 15) is 13.2 Å². The third kappa shape index (κ3) is 4.96. The molecule has 2 N–H and O–H groups in total. The highest BCUT2D eigenvalue weighted by atomic mass is 35.5. The summed E-state index contributed by atoms with van der Waals surface area (Å²) in [4.78, 5) is 42.6. The summed E-state index contributed by atoms with van der Waals surface area (Å²) in [5.74, 6) is 2.30. The van der Waals surface area contributed by atoms with Crippen LogP contribution in [0.15, 0.2) is 32.7 Å². The first-order chi connectivity index (χ1) is 27.5. The molecule has 0 aromatic carbocycles. The van der Waals surface area contributed by atoms with Gasteiger partial charge in [0, 0.05) is 60.3 Å². The Morgan fingerprint density at radius 2 is 1.84 bits per heavy atom. The number of aryl methyl sites for hydroxylation is 2. The van der Waals surface area contributed by atoms with E-state index >= 15 is 0 Å². The normalized spacial score (nSPS) is 26.2. The first-order valence-electron chi connectivity index (χ1n) is 19.2. The standard InChI is InChI=1S/C39H35ClN10O5S2/c1-50-17-44-31-30(46-37(40)47-36(31)50)28-21-5-3-10-38(32(21)54-48-28)15-20(7-8-24(38)51)43-16-22-27-23(56-34(22)41)6-4-11-39(27)19-13-18(14-19)26-29(49-55-33(26)39)35-42-12-9-25(45-35)57(2,52)53/h9,12,17-20,41H,3-8,10-11,13-15H2,1-2H3/p+1/t18?,19?,20?,38-,39?/m0/s1. The molecule has 290 valence electrons. The topological polar surface area (TPSA) is 203 Å². The van der Waals surface area contributed by atoms with E-state index in [-0.39, 0.29) is 33.9 Å². The third-order valence-corrected chi connectivity index (χ3v) is 15.5. The summed E-state index contributed by atoms with van der Waals surface area (Å²) < 4.78 is 39.0. The molecule has 2 fully saturated rings. The second kappa shape index (κ2) is 12.2. The van der Waals surface area contributed by atoms with Gasteiger partial charge >= 0.3 is 6.07 Å². The predicted molar refractivity (Wildman–Crippen MR) is 209 cm³/mol. The van der Waals surface area contributed by atoms with Crippen molar-refractivity contribution in [2.75, 3.05) is 12.0 Å². The highest BCUT2D eigenvalue weighted by Crippen LogP contribution is 2.67. The summed E-state index contributed by atoms with van der Waals surface area (Å²) in [7, 11) is -1.71. The van der Waals surface area contributed by atoms with Gasteiger partial charge in [0.1, 0.15) is 33.3 Å². The van der Waals surface area contributed by atoms with Crippen molar-refractivity contribution in [3.05, 3.63) is 67.4 Å². The van der Waals surface area contributed by atoms with Crippen molar-refractivity contribution in [3.63, 3.8) is 0 Å². The number of nitrogens with zero attached hydrogens (tertiary/aromatic N) is 9. The summed E-state index contributed by atoms with van der Waals surface area (Å²) in [5.41, 5.74) is 11.9. The Kier molecular flexibility index (Phi) is 7.54. The number of fused-ring (bicyclic) bond motifs is 4. The Morgan fingerprint density at radius 3 is 2.68 bits per heavy atom. The number of aromatic nitrogens is 8. The Balaban J connectivity index is 0.967. The zero-order valence-electron chi connectivity index (χ0n) is 31.1. The van der Waals surface area contributed by atoms with Gasteiger partial charge in [-0.15, -0.1) is 11.3 Å². The van der Waals surface area contributed by atoms with Crippen LogP contribution in [0.4, 0.5) is 5.00 Å². The molecule has 0 amide bonds. The predicted octanol–water partition coefficient (Wildman–Crippen LogP) is 6.37. The van der Waals surface area contributed by atoms with Gasteiger partial charge in [0.25, 0.3) is 6.04 Å². The van der Waals surface area contributed by atoms with Crippen molar-refractivity contribution in [2.24, 2.45) is 13.0 Å². The Bertz CT molecular complexity index is 2900. The van der Waals surface area contributed by atoms with Gasteiger partial charge in [-0.1, -0.05) is 15.2 Å². The lowest BCUT2D eigenvalue weighted by Gasteiger charge is -2.54. The van der Waals surface area contributed by atoms with Crippen LogP contribution in [0, 0.1) is 12.0 Å². The molecule has 6 aromatic heterocycles. The van der Waals surface area contributed by atoms with Crippen LogP contribution < -0.4 is 5.73 Å². The van der Waals surface area contributed by atoms with Crippen molar-refractivity contribution in [3.8, 4) is 29.0 Å². The SMILES string of the molecule is Cn1cnc2c(-c3noc4c3CCC[C@@]43CC([N+]#Cc4c(N)sc5c4C4(CCC5)c5onc(-c6nccc(S(C)(=O)=O)n6)c5C5CC4C5)CCC3=O)nc(Cl)nc21. The van der Waals surface area contributed by atoms with Crippen molar-refractivity contribution < 1.29 is 22.3 Å². The molecule has 0 aliphatic heterocycles. The lowest BCUT2D eigenvalue weighted by molar-refractivity contribution is -0.128. The molecule has 2 unspecified atom stereocenters. The van der Waals surface area contributed by atoms with Crippen LogP contribution in [0.1, 0.15) is 102 Å². The van der Waals surface area contributed by atoms with Crippen LogP contribution in [0.3, 0.4) is 0 Å². The van der Waals surface area contributed by atoms with Crippen LogP contribution >= 0.6 is 22.9 Å². The molecule has 15 nitrogen and oxygen atoms in total. The number of nitrogen functional groups attached to an aromatic ring is 1. The Hall–Kier alpha value is -5.05. The maximum Gasteiger partial charge on any atom is 0.314 e. The van der Waals surface area contributed by atoms with Crippen molar-refractivity contribution in [1.29, 1.82) is 0 Å². The molecular weight excluding hydrogens is 788 g/mol. The molecule has 2 saturated carbocycles. The number of thiophene rings is 1. The fraction of sp³-hybridized carbons (Fsp3) is 0.462. The minimum atomic E-state index is -3.55. The van der Waals surface area contributed by atoms with Crippen LogP contribution in [0.2, 0.25) is 5.28 Å². The number of ketones is 1. The van der Waals surface area contributed by atoms with Gasteiger partial charge < -0.3 is 19.3 Å². The van der Waals surface area contributed by atoms with Gasteiger partial charge in [-0.3, -0.25) is 4.79 Å². The molecule has 6 aromatic rings. The molecule has 6 aliphatic rings. The van der Waals surface area contributed by atoms with Crippen molar-refractivity contribution in [2.45, 2.75) is 98.4 Å². The van der Waals surface area contributed by atoms with E-state index in [0.717, 1.165) is 72.8 Å². The van der Waals surface area contributed by atoms with Crippen molar-refractivity contribution in [1.82, 2.24) is 39.8 Å². The Morgan fingerprint density at radius 1 is 1.04 bits per heavy atom. The molecule has 18 heteroatoms. The highest BCUT2D eigenvalue weighted by Gasteiger charge is 2.61. The lowest BCUT2D eigenvalue weighted by Crippen LogP contribution is -2.50. The van der Waals surface area contributed by atoms with Gasteiger partial charge in [-0.05, 0) is 80.9 Å². The van der Waals surface area contributed by atoms with Gasteiger partial charge in [0.2, 0.25) is 5.28 Å². The number of nitrogens with two attached hydrogens (primary N) is 1. The molecule has 2 bridgehead atoms. The number of sulfone groups is 1. The molecular formula is C39H36ClN10O5S2+. The number of Topliss-reactive ketones (excluding diaryl/α,β-unsaturated/α-hetero) is 1. The van der Waals surface area contributed by atoms with Gasteiger partial charge in [-0.25, -0.2) is 28.4 Å². The largest absolute Gasteiger partial charge is 0.389 e. The minimum Gasteiger partial charge on any atom is -0.389 e. The zero-order valence-corrected chi connectivity index (χ0v) is 33.5. The maximum atomic E-state index is 14.0. The summed E-state index contributed by atoms with van der Waals surface area (Å²) in [6.45, 7) is 0. The van der Waals surface area contributed by atoms with E-state index in [1.54, 1.807) is 22.2 Å². The van der Waals surface area contributed by atoms with Gasteiger partial charge in [0.15, 0.2) is 43.5 Å². The number of carbonyl (C=O) groups is 1. The first kappa shape index (κ1) is 35.1. The van der Waals surface area contributed by atoms with Crippen LogP contribution in [0.5, 0.6) is 0 Å². The number of anilines is 1. The summed E-state index contributed by atoms with van der Waals surface area (Å²) >= 11 is 7.95. The summed E-state index contributed by atoms with van der Waals surface area (Å²) in [6.07, 6.45) is 12.3. The number of carbonyl (C=O) groups excluding carboxylic acids is 1. The van der Waals surface area contributed by atoms with Gasteiger partial charge in [-0.2, -0.15) is 4.98 Å². The molecule has 0 saturated heterocycles. The lowest BCUT2D eigenvalue weighted by atomic mass is 9.47. The molecule has 0 radical (unpaired) electrons. The van der Waals surface area contributed by atoms with Crippen LogP contribution in [-0.2, 0) is 45.4 Å². The van der Waals surface area contributed by atoms with E-state index in [2.05, 4.69) is 41.3 Å². The number of rotatable bonds is 3. The number of hydrogen-bond acceptors (Lipinski definition) is 14. The first-order valence-corrected chi connectivity index (χ1v) is 22.3. The van der Waals surface area contributed by atoms with Crippen LogP contribution in [-0.4, -0.2) is 66.3 Å². The molecule has 57 heavy (non-hydrogen) atoms. The molecule has 6 aliphatic carbocycles. The smallest absolute Gasteiger partial charge is 0.314 e. The number of hydrogen-bond donors (Lipinski definition) is 1.